The van der Waals surface area contributed by atoms with E-state index in [0.29, 0.717) is 22.3 Å². The Morgan fingerprint density at radius 3 is 2.79 bits per heavy atom. The highest BCUT2D eigenvalue weighted by molar-refractivity contribution is 6.43. The van der Waals surface area contributed by atoms with Crippen molar-refractivity contribution in [3.05, 3.63) is 46.2 Å². The second-order valence-corrected chi connectivity index (χ2v) is 6.19. The fourth-order valence-electron chi connectivity index (χ4n) is 1.95. The molecule has 1 heterocycles. The minimum absolute atomic E-state index is 0.239. The molecule has 1 aromatic heterocycles. The maximum atomic E-state index is 12.1. The van der Waals surface area contributed by atoms with Crippen LogP contribution in [0, 0.1) is 0 Å². The maximum absolute atomic E-state index is 12.1. The van der Waals surface area contributed by atoms with Crippen LogP contribution in [0.1, 0.15) is 16.9 Å². The molecule has 0 aliphatic carbocycles. The molecule has 0 unspecified atom stereocenters. The summed E-state index contributed by atoms with van der Waals surface area (Å²) in [5.74, 6) is 0.0384. The van der Waals surface area contributed by atoms with Crippen LogP contribution in [0.15, 0.2) is 30.5 Å². The van der Waals surface area contributed by atoms with Gasteiger partial charge >= 0.3 is 0 Å². The molecule has 8 heteroatoms. The number of aromatic nitrogens is 2. The average Bonchev–Trinajstić information content (AvgIpc) is 2.56. The minimum atomic E-state index is -0.239. The zero-order chi connectivity index (χ0) is 17.5. The molecule has 0 saturated heterocycles. The standard InChI is InChI=1S/C16H19Cl2N5O/c1-23(2)10-4-8-19-15(24)13-7-9-20-16(22-13)21-12-6-3-5-11(17)14(12)18/h3,5-7,9H,4,8,10H2,1-2H3,(H,19,24)(H,20,21,22). The molecule has 1 amide bonds. The SMILES string of the molecule is CN(C)CCCNC(=O)c1ccnc(Nc2cccc(Cl)c2Cl)n1. The first-order chi connectivity index (χ1) is 11.5. The first-order valence-corrected chi connectivity index (χ1v) is 8.20. The van der Waals surface area contributed by atoms with Crippen molar-refractivity contribution in [3.8, 4) is 0 Å². The monoisotopic (exact) mass is 367 g/mol. The number of hydrogen-bond acceptors (Lipinski definition) is 5. The van der Waals surface area contributed by atoms with Gasteiger partial charge in [-0.3, -0.25) is 4.79 Å². The van der Waals surface area contributed by atoms with Crippen molar-refractivity contribution >= 4 is 40.7 Å². The van der Waals surface area contributed by atoms with E-state index in [-0.39, 0.29) is 17.5 Å². The lowest BCUT2D eigenvalue weighted by molar-refractivity contribution is 0.0947. The highest BCUT2D eigenvalue weighted by Crippen LogP contribution is 2.30. The van der Waals surface area contributed by atoms with Gasteiger partial charge in [-0.15, -0.1) is 0 Å². The van der Waals surface area contributed by atoms with Crippen molar-refractivity contribution < 1.29 is 4.79 Å². The third-order valence-electron chi connectivity index (χ3n) is 3.15. The summed E-state index contributed by atoms with van der Waals surface area (Å²) in [5, 5.41) is 6.60. The number of nitrogens with one attached hydrogen (secondary N) is 2. The van der Waals surface area contributed by atoms with Gasteiger partial charge in [0.25, 0.3) is 5.91 Å². The van der Waals surface area contributed by atoms with Gasteiger partial charge in [0.2, 0.25) is 5.95 Å². The fourth-order valence-corrected chi connectivity index (χ4v) is 2.30. The van der Waals surface area contributed by atoms with E-state index < -0.39 is 0 Å². The Morgan fingerprint density at radius 2 is 2.04 bits per heavy atom. The van der Waals surface area contributed by atoms with Crippen molar-refractivity contribution in [2.24, 2.45) is 0 Å². The summed E-state index contributed by atoms with van der Waals surface area (Å²) in [4.78, 5) is 22.5. The van der Waals surface area contributed by atoms with E-state index in [9.17, 15) is 4.79 Å². The van der Waals surface area contributed by atoms with E-state index in [1.54, 1.807) is 24.3 Å². The van der Waals surface area contributed by atoms with Gasteiger partial charge < -0.3 is 15.5 Å². The van der Waals surface area contributed by atoms with E-state index >= 15 is 0 Å². The number of anilines is 2. The normalized spacial score (nSPS) is 10.7. The number of carbonyl (C=O) groups excluding carboxylic acids is 1. The summed E-state index contributed by atoms with van der Waals surface area (Å²) in [6.45, 7) is 1.49. The molecule has 0 atom stereocenters. The van der Waals surface area contributed by atoms with Gasteiger partial charge in [0.1, 0.15) is 5.69 Å². The summed E-state index contributed by atoms with van der Waals surface area (Å²) < 4.78 is 0. The zero-order valence-electron chi connectivity index (χ0n) is 13.5. The summed E-state index contributed by atoms with van der Waals surface area (Å²) in [6.07, 6.45) is 2.38. The van der Waals surface area contributed by atoms with E-state index in [4.69, 9.17) is 23.2 Å². The minimum Gasteiger partial charge on any atom is -0.351 e. The van der Waals surface area contributed by atoms with Crippen molar-refractivity contribution in [3.63, 3.8) is 0 Å². The summed E-state index contributed by atoms with van der Waals surface area (Å²) in [7, 11) is 3.98. The number of rotatable bonds is 7. The molecular formula is C16H19Cl2N5O. The lowest BCUT2D eigenvalue weighted by Crippen LogP contribution is -2.28. The third-order valence-corrected chi connectivity index (χ3v) is 3.97. The second kappa shape index (κ2) is 8.82. The van der Waals surface area contributed by atoms with E-state index in [2.05, 4.69) is 25.5 Å². The van der Waals surface area contributed by atoms with Crippen LogP contribution < -0.4 is 10.6 Å². The predicted octanol–water partition coefficient (Wildman–Crippen LogP) is 3.21. The Hall–Kier alpha value is -1.89. The molecule has 0 fully saturated rings. The summed E-state index contributed by atoms with van der Waals surface area (Å²) in [6, 6.07) is 6.77. The molecule has 0 aliphatic rings. The Kier molecular flexibility index (Phi) is 6.78. The van der Waals surface area contributed by atoms with Gasteiger partial charge in [0.05, 0.1) is 15.7 Å². The number of hydrogen-bond donors (Lipinski definition) is 2. The van der Waals surface area contributed by atoms with Crippen molar-refractivity contribution in [2.45, 2.75) is 6.42 Å². The van der Waals surface area contributed by atoms with Gasteiger partial charge in [-0.2, -0.15) is 0 Å². The number of benzene rings is 1. The Balaban J connectivity index is 2.00. The van der Waals surface area contributed by atoms with Crippen LogP contribution in [0.2, 0.25) is 10.0 Å². The van der Waals surface area contributed by atoms with Crippen molar-refractivity contribution in [1.29, 1.82) is 0 Å². The smallest absolute Gasteiger partial charge is 0.270 e. The Labute approximate surface area is 151 Å². The first kappa shape index (κ1) is 18.4. The van der Waals surface area contributed by atoms with Crippen LogP contribution in [0.25, 0.3) is 0 Å². The zero-order valence-corrected chi connectivity index (χ0v) is 15.0. The molecule has 0 bridgehead atoms. The van der Waals surface area contributed by atoms with Gasteiger partial charge in [-0.05, 0) is 45.3 Å². The largest absolute Gasteiger partial charge is 0.351 e. The molecule has 6 nitrogen and oxygen atoms in total. The van der Waals surface area contributed by atoms with Crippen molar-refractivity contribution in [2.75, 3.05) is 32.5 Å². The highest BCUT2D eigenvalue weighted by atomic mass is 35.5. The van der Waals surface area contributed by atoms with Gasteiger partial charge in [-0.1, -0.05) is 29.3 Å². The van der Waals surface area contributed by atoms with Crippen LogP contribution in [0.4, 0.5) is 11.6 Å². The van der Waals surface area contributed by atoms with Crippen LogP contribution in [0.3, 0.4) is 0 Å². The van der Waals surface area contributed by atoms with Crippen molar-refractivity contribution in [1.82, 2.24) is 20.2 Å². The van der Waals surface area contributed by atoms with Gasteiger partial charge in [-0.25, -0.2) is 9.97 Å². The number of halogens is 2. The first-order valence-electron chi connectivity index (χ1n) is 7.44. The summed E-state index contributed by atoms with van der Waals surface area (Å²) >= 11 is 12.1. The maximum Gasteiger partial charge on any atom is 0.270 e. The lowest BCUT2D eigenvalue weighted by Gasteiger charge is -2.10. The number of carbonyl (C=O) groups is 1. The predicted molar refractivity (Wildman–Crippen MR) is 97.3 cm³/mol. The molecule has 24 heavy (non-hydrogen) atoms. The molecule has 0 spiro atoms. The fraction of sp³-hybridized carbons (Fsp3) is 0.312. The highest BCUT2D eigenvalue weighted by Gasteiger charge is 2.10. The molecular weight excluding hydrogens is 349 g/mol. The average molecular weight is 368 g/mol. The van der Waals surface area contributed by atoms with Gasteiger partial charge in [0.15, 0.2) is 0 Å². The molecule has 128 valence electrons. The molecule has 0 saturated carbocycles. The number of nitrogens with zero attached hydrogens (tertiary/aromatic N) is 3. The second-order valence-electron chi connectivity index (χ2n) is 5.40. The molecule has 2 N–H and O–H groups in total. The van der Waals surface area contributed by atoms with Crippen LogP contribution >= 0.6 is 23.2 Å². The lowest BCUT2D eigenvalue weighted by atomic mass is 10.3. The third kappa shape index (κ3) is 5.33. The van der Waals surface area contributed by atoms with Crippen LogP contribution in [-0.4, -0.2) is 48.0 Å². The quantitative estimate of drug-likeness (QED) is 0.735. The summed E-state index contributed by atoms with van der Waals surface area (Å²) in [5.41, 5.74) is 0.864. The number of amides is 1. The van der Waals surface area contributed by atoms with Gasteiger partial charge in [0, 0.05) is 12.7 Å². The Bertz CT molecular complexity index is 709. The molecule has 0 radical (unpaired) electrons. The van der Waals surface area contributed by atoms with Crippen LogP contribution in [0.5, 0.6) is 0 Å². The Morgan fingerprint density at radius 1 is 1.25 bits per heavy atom. The van der Waals surface area contributed by atoms with E-state index in [1.807, 2.05) is 14.1 Å². The van der Waals surface area contributed by atoms with Crippen LogP contribution in [-0.2, 0) is 0 Å². The van der Waals surface area contributed by atoms with E-state index in [1.165, 1.54) is 6.20 Å². The topological polar surface area (TPSA) is 70.2 Å². The molecule has 2 rings (SSSR count). The van der Waals surface area contributed by atoms with E-state index in [0.717, 1.165) is 13.0 Å². The molecule has 0 aliphatic heterocycles. The molecule has 1 aromatic carbocycles. The molecule has 2 aromatic rings.